The number of aryl methyl sites for hydroxylation is 2. The molecule has 1 N–H and O–H groups in total. The second-order valence-corrected chi connectivity index (χ2v) is 7.83. The predicted molar refractivity (Wildman–Crippen MR) is 123 cm³/mol. The number of hydrogen-bond acceptors (Lipinski definition) is 4. The van der Waals surface area contributed by atoms with Gasteiger partial charge in [-0.05, 0) is 67.9 Å². The monoisotopic (exact) mass is 421 g/mol. The molecular weight excluding hydrogens is 402 g/mol. The molecule has 0 fully saturated rings. The lowest BCUT2D eigenvalue weighted by molar-refractivity contribution is 0.0925. The van der Waals surface area contributed by atoms with Gasteiger partial charge in [0.25, 0.3) is 17.7 Å². The number of amides is 3. The van der Waals surface area contributed by atoms with Gasteiger partial charge in [0.2, 0.25) is 0 Å². The second kappa shape index (κ2) is 7.42. The van der Waals surface area contributed by atoms with E-state index in [-0.39, 0.29) is 17.7 Å². The minimum Gasteiger partial charge on any atom is -0.321 e. The Hall–Kier alpha value is -4.32. The van der Waals surface area contributed by atoms with Crippen LogP contribution in [0.5, 0.6) is 0 Å². The Bertz CT molecular complexity index is 1390. The molecular formula is C26H19N3O3. The minimum absolute atomic E-state index is 0.287. The van der Waals surface area contributed by atoms with Crippen molar-refractivity contribution >= 4 is 40.0 Å². The highest BCUT2D eigenvalue weighted by Crippen LogP contribution is 2.29. The quantitative estimate of drug-likeness (QED) is 0.477. The van der Waals surface area contributed by atoms with E-state index in [1.165, 1.54) is 0 Å². The number of anilines is 2. The molecule has 1 aliphatic rings. The highest BCUT2D eigenvalue weighted by Gasteiger charge is 2.36. The Morgan fingerprint density at radius 3 is 2.19 bits per heavy atom. The third-order valence-electron chi connectivity index (χ3n) is 5.61. The Labute approximate surface area is 184 Å². The van der Waals surface area contributed by atoms with Crippen molar-refractivity contribution in [3.05, 3.63) is 101 Å². The molecule has 0 saturated carbocycles. The van der Waals surface area contributed by atoms with Crippen LogP contribution in [0.25, 0.3) is 10.9 Å². The number of hydrogen-bond donors (Lipinski definition) is 1. The number of carbonyl (C=O) groups is 3. The van der Waals surface area contributed by atoms with E-state index in [1.807, 2.05) is 19.9 Å². The van der Waals surface area contributed by atoms with Crippen LogP contribution in [0.3, 0.4) is 0 Å². The number of carbonyl (C=O) groups excluding carboxylic acids is 3. The van der Waals surface area contributed by atoms with Crippen molar-refractivity contribution in [2.24, 2.45) is 0 Å². The molecule has 0 saturated heterocycles. The van der Waals surface area contributed by atoms with Gasteiger partial charge < -0.3 is 5.32 Å². The van der Waals surface area contributed by atoms with E-state index in [9.17, 15) is 14.4 Å². The summed E-state index contributed by atoms with van der Waals surface area (Å²) in [6, 6.07) is 19.0. The molecule has 2 heterocycles. The molecule has 6 heteroatoms. The van der Waals surface area contributed by atoms with Crippen LogP contribution in [0.1, 0.15) is 42.2 Å². The van der Waals surface area contributed by atoms with E-state index >= 15 is 0 Å². The molecule has 5 rings (SSSR count). The summed E-state index contributed by atoms with van der Waals surface area (Å²) in [6.45, 7) is 3.99. The highest BCUT2D eigenvalue weighted by atomic mass is 16.2. The summed E-state index contributed by atoms with van der Waals surface area (Å²) < 4.78 is 0. The largest absolute Gasteiger partial charge is 0.321 e. The van der Waals surface area contributed by atoms with Crippen molar-refractivity contribution in [1.29, 1.82) is 0 Å². The fourth-order valence-electron chi connectivity index (χ4n) is 4.10. The molecule has 6 nitrogen and oxygen atoms in total. The van der Waals surface area contributed by atoms with Gasteiger partial charge in [0.05, 0.1) is 28.0 Å². The third kappa shape index (κ3) is 3.13. The van der Waals surface area contributed by atoms with Gasteiger partial charge in [-0.2, -0.15) is 0 Å². The first kappa shape index (κ1) is 19.6. The summed E-state index contributed by atoms with van der Waals surface area (Å²) in [7, 11) is 0. The maximum Gasteiger partial charge on any atom is 0.266 e. The molecule has 3 aromatic carbocycles. The van der Waals surface area contributed by atoms with E-state index < -0.39 is 0 Å². The molecule has 0 radical (unpaired) electrons. The van der Waals surface area contributed by atoms with Crippen LogP contribution in [-0.4, -0.2) is 22.7 Å². The summed E-state index contributed by atoms with van der Waals surface area (Å²) in [6.07, 6.45) is 1.67. The van der Waals surface area contributed by atoms with Crippen LogP contribution in [0, 0.1) is 13.8 Å². The first-order chi connectivity index (χ1) is 15.4. The van der Waals surface area contributed by atoms with E-state index in [0.29, 0.717) is 28.1 Å². The lowest BCUT2D eigenvalue weighted by Crippen LogP contribution is -2.29. The molecule has 156 valence electrons. The number of nitrogens with one attached hydrogen (secondary N) is 1. The normalized spacial score (nSPS) is 12.9. The number of pyridine rings is 1. The molecule has 4 aromatic rings. The molecule has 0 unspecified atom stereocenters. The van der Waals surface area contributed by atoms with Crippen molar-refractivity contribution in [3.8, 4) is 0 Å². The second-order valence-electron chi connectivity index (χ2n) is 7.83. The third-order valence-corrected chi connectivity index (χ3v) is 5.61. The van der Waals surface area contributed by atoms with Crippen molar-refractivity contribution in [2.45, 2.75) is 13.8 Å². The lowest BCUT2D eigenvalue weighted by Gasteiger charge is -2.15. The Balaban J connectivity index is 1.41. The van der Waals surface area contributed by atoms with Crippen LogP contribution in [-0.2, 0) is 0 Å². The zero-order chi connectivity index (χ0) is 22.4. The Kier molecular flexibility index (Phi) is 4.56. The predicted octanol–water partition coefficient (Wildman–Crippen LogP) is 4.90. The van der Waals surface area contributed by atoms with Gasteiger partial charge in [-0.3, -0.25) is 19.4 Å². The van der Waals surface area contributed by atoms with Crippen molar-refractivity contribution < 1.29 is 14.4 Å². The molecule has 1 aliphatic heterocycles. The maximum absolute atomic E-state index is 12.9. The number of rotatable bonds is 3. The van der Waals surface area contributed by atoms with Crippen molar-refractivity contribution in [3.63, 3.8) is 0 Å². The lowest BCUT2D eigenvalue weighted by atomic mass is 10.1. The number of imide groups is 1. The summed E-state index contributed by atoms with van der Waals surface area (Å²) >= 11 is 0. The van der Waals surface area contributed by atoms with Crippen LogP contribution >= 0.6 is 0 Å². The Morgan fingerprint density at radius 2 is 1.53 bits per heavy atom. The number of benzene rings is 3. The minimum atomic E-state index is -0.364. The topological polar surface area (TPSA) is 79.4 Å². The zero-order valence-corrected chi connectivity index (χ0v) is 17.5. The molecule has 0 bridgehead atoms. The molecule has 0 aliphatic carbocycles. The van der Waals surface area contributed by atoms with E-state index in [0.717, 1.165) is 26.9 Å². The number of fused-ring (bicyclic) bond motifs is 2. The average Bonchev–Trinajstić information content (AvgIpc) is 3.05. The number of nitrogens with zero attached hydrogens (tertiary/aromatic N) is 2. The first-order valence-corrected chi connectivity index (χ1v) is 10.2. The smallest absolute Gasteiger partial charge is 0.266 e. The SMILES string of the molecule is Cc1cc(C)c2nccc(NC(=O)c3ccc(N4C(=O)c5ccccc5C4=O)cc3)c2c1. The van der Waals surface area contributed by atoms with Crippen LogP contribution in [0.15, 0.2) is 72.9 Å². The fraction of sp³-hybridized carbons (Fsp3) is 0.0769. The van der Waals surface area contributed by atoms with Gasteiger partial charge in [0, 0.05) is 17.1 Å². The van der Waals surface area contributed by atoms with Gasteiger partial charge in [-0.25, -0.2) is 4.90 Å². The fourth-order valence-corrected chi connectivity index (χ4v) is 4.10. The summed E-state index contributed by atoms with van der Waals surface area (Å²) in [4.78, 5) is 43.8. The molecule has 0 spiro atoms. The Morgan fingerprint density at radius 1 is 0.875 bits per heavy atom. The van der Waals surface area contributed by atoms with Crippen molar-refractivity contribution in [2.75, 3.05) is 10.2 Å². The van der Waals surface area contributed by atoms with Gasteiger partial charge in [-0.15, -0.1) is 0 Å². The van der Waals surface area contributed by atoms with Gasteiger partial charge in [-0.1, -0.05) is 23.8 Å². The van der Waals surface area contributed by atoms with E-state index in [2.05, 4.69) is 16.4 Å². The maximum atomic E-state index is 12.9. The summed E-state index contributed by atoms with van der Waals surface area (Å²) in [5, 5.41) is 3.83. The average molecular weight is 421 g/mol. The van der Waals surface area contributed by atoms with Crippen LogP contribution in [0.4, 0.5) is 11.4 Å². The number of aromatic nitrogens is 1. The van der Waals surface area contributed by atoms with Gasteiger partial charge in [0.1, 0.15) is 0 Å². The van der Waals surface area contributed by atoms with Crippen LogP contribution < -0.4 is 10.2 Å². The molecule has 32 heavy (non-hydrogen) atoms. The molecule has 1 aromatic heterocycles. The molecule has 3 amide bonds. The standard InChI is InChI=1S/C26H19N3O3/c1-15-13-16(2)23-21(14-15)22(11-12-27-23)28-24(30)17-7-9-18(10-8-17)29-25(31)19-5-3-4-6-20(19)26(29)32/h3-14H,1-2H3,(H,27,28,30). The van der Waals surface area contributed by atoms with E-state index in [4.69, 9.17) is 0 Å². The van der Waals surface area contributed by atoms with Gasteiger partial charge >= 0.3 is 0 Å². The van der Waals surface area contributed by atoms with E-state index in [1.54, 1.807) is 60.8 Å². The van der Waals surface area contributed by atoms with Crippen LogP contribution in [0.2, 0.25) is 0 Å². The van der Waals surface area contributed by atoms with Crippen molar-refractivity contribution in [1.82, 2.24) is 4.98 Å². The molecule has 0 atom stereocenters. The zero-order valence-electron chi connectivity index (χ0n) is 17.5. The summed E-state index contributed by atoms with van der Waals surface area (Å²) in [5.74, 6) is -1.01. The first-order valence-electron chi connectivity index (χ1n) is 10.2. The van der Waals surface area contributed by atoms with Gasteiger partial charge in [0.15, 0.2) is 0 Å². The highest BCUT2D eigenvalue weighted by molar-refractivity contribution is 6.34. The summed E-state index contributed by atoms with van der Waals surface area (Å²) in [5.41, 5.74) is 5.26.